The molecule has 1 aromatic rings. The Morgan fingerprint density at radius 1 is 1.12 bits per heavy atom. The lowest BCUT2D eigenvalue weighted by atomic mass is 9.97. The van der Waals surface area contributed by atoms with Crippen LogP contribution in [0.2, 0.25) is 0 Å². The number of nitrogens with zero attached hydrogens (tertiary/aromatic N) is 2. The second-order valence-electron chi connectivity index (χ2n) is 3.44. The molecule has 0 atom stereocenters. The summed E-state index contributed by atoms with van der Waals surface area (Å²) < 4.78 is 0. The minimum absolute atomic E-state index is 0.403. The van der Waals surface area contributed by atoms with Gasteiger partial charge in [-0.1, -0.05) is 36.8 Å². The van der Waals surface area contributed by atoms with E-state index in [1.807, 2.05) is 19.1 Å². The Bertz CT molecular complexity index is 434. The predicted molar refractivity (Wildman–Crippen MR) is 59.4 cm³/mol. The monoisotopic (exact) mass is 216 g/mol. The maximum atomic E-state index is 10.4. The summed E-state index contributed by atoms with van der Waals surface area (Å²) in [5.41, 5.74) is 0.600. The standard InChI is InChI=1S/C12H12N2O2/c1-3-12(13-8-15,14-9-16)11-6-4-10(2)5-7-11/h4-7H,3H2,1-2H3. The summed E-state index contributed by atoms with van der Waals surface area (Å²) >= 11 is 0. The van der Waals surface area contributed by atoms with Gasteiger partial charge >= 0.3 is 0 Å². The maximum absolute atomic E-state index is 10.4. The molecule has 0 unspecified atom stereocenters. The smallest absolute Gasteiger partial charge is 0.211 e. The van der Waals surface area contributed by atoms with Crippen LogP contribution in [0.1, 0.15) is 24.5 Å². The molecule has 16 heavy (non-hydrogen) atoms. The van der Waals surface area contributed by atoms with Crippen LogP contribution in [0.3, 0.4) is 0 Å². The number of hydrogen-bond acceptors (Lipinski definition) is 4. The second kappa shape index (κ2) is 5.17. The van der Waals surface area contributed by atoms with Crippen LogP contribution in [0.25, 0.3) is 0 Å². The Morgan fingerprint density at radius 3 is 2.00 bits per heavy atom. The molecule has 0 fully saturated rings. The molecule has 0 amide bonds. The van der Waals surface area contributed by atoms with Gasteiger partial charge in [-0.05, 0) is 13.3 Å². The molecule has 0 aliphatic rings. The zero-order valence-electron chi connectivity index (χ0n) is 9.23. The first-order chi connectivity index (χ1) is 7.68. The molecule has 1 aromatic carbocycles. The fourth-order valence-corrected chi connectivity index (χ4v) is 1.49. The summed E-state index contributed by atoms with van der Waals surface area (Å²) in [6.45, 7) is 3.74. The van der Waals surface area contributed by atoms with E-state index >= 15 is 0 Å². The highest BCUT2D eigenvalue weighted by atomic mass is 16.1. The van der Waals surface area contributed by atoms with Crippen molar-refractivity contribution < 1.29 is 9.59 Å². The fraction of sp³-hybridized carbons (Fsp3) is 0.333. The van der Waals surface area contributed by atoms with Crippen molar-refractivity contribution in [3.05, 3.63) is 35.4 Å². The van der Waals surface area contributed by atoms with Crippen molar-refractivity contribution in [3.63, 3.8) is 0 Å². The van der Waals surface area contributed by atoms with Crippen LogP contribution in [-0.4, -0.2) is 12.2 Å². The van der Waals surface area contributed by atoms with Crippen molar-refractivity contribution in [2.45, 2.75) is 25.9 Å². The van der Waals surface area contributed by atoms with Crippen molar-refractivity contribution in [3.8, 4) is 0 Å². The van der Waals surface area contributed by atoms with Gasteiger partial charge < -0.3 is 0 Å². The number of carbonyl (C=O) groups excluding carboxylic acids is 2. The lowest BCUT2D eigenvalue weighted by molar-refractivity contribution is 0.440. The van der Waals surface area contributed by atoms with E-state index in [9.17, 15) is 9.59 Å². The Labute approximate surface area is 93.7 Å². The highest BCUT2D eigenvalue weighted by molar-refractivity contribution is 5.43. The second-order valence-corrected chi connectivity index (χ2v) is 3.44. The summed E-state index contributed by atoms with van der Waals surface area (Å²) in [4.78, 5) is 28.1. The van der Waals surface area contributed by atoms with Gasteiger partial charge in [0.1, 0.15) is 0 Å². The third-order valence-electron chi connectivity index (χ3n) is 2.47. The van der Waals surface area contributed by atoms with Gasteiger partial charge in [0.25, 0.3) is 0 Å². The van der Waals surface area contributed by atoms with Gasteiger partial charge in [0.15, 0.2) is 5.66 Å². The normalized spacial score (nSPS) is 13.1. The zero-order valence-corrected chi connectivity index (χ0v) is 9.23. The summed E-state index contributed by atoms with van der Waals surface area (Å²) in [5, 5.41) is 0. The van der Waals surface area contributed by atoms with Crippen LogP contribution in [0.5, 0.6) is 0 Å². The molecule has 82 valence electrons. The van der Waals surface area contributed by atoms with Gasteiger partial charge in [0.2, 0.25) is 12.2 Å². The van der Waals surface area contributed by atoms with E-state index in [1.54, 1.807) is 19.1 Å². The van der Waals surface area contributed by atoms with Crippen molar-refractivity contribution in [2.75, 3.05) is 0 Å². The molecule has 0 spiro atoms. The number of aliphatic imine (C=N–C) groups is 2. The Balaban J connectivity index is 3.34. The zero-order chi connectivity index (χ0) is 12.0. The Hall–Kier alpha value is -2.02. The van der Waals surface area contributed by atoms with E-state index < -0.39 is 5.66 Å². The minimum atomic E-state index is -1.17. The first kappa shape index (κ1) is 12.1. The average molecular weight is 216 g/mol. The molecule has 4 nitrogen and oxygen atoms in total. The molecule has 0 saturated carbocycles. The molecule has 0 aromatic heterocycles. The van der Waals surface area contributed by atoms with E-state index in [1.165, 1.54) is 12.2 Å². The molecular formula is C12H12N2O2. The number of benzene rings is 1. The molecule has 0 bridgehead atoms. The molecular weight excluding hydrogens is 204 g/mol. The Morgan fingerprint density at radius 2 is 1.62 bits per heavy atom. The molecule has 0 heterocycles. The van der Waals surface area contributed by atoms with Crippen LogP contribution < -0.4 is 0 Å². The first-order valence-electron chi connectivity index (χ1n) is 4.93. The highest BCUT2D eigenvalue weighted by Gasteiger charge is 2.29. The van der Waals surface area contributed by atoms with Crippen LogP contribution in [0.4, 0.5) is 0 Å². The molecule has 0 saturated heterocycles. The average Bonchev–Trinajstić information content (AvgIpc) is 2.29. The van der Waals surface area contributed by atoms with Gasteiger partial charge in [-0.25, -0.2) is 9.59 Å². The van der Waals surface area contributed by atoms with Crippen molar-refractivity contribution in [2.24, 2.45) is 9.98 Å². The van der Waals surface area contributed by atoms with Gasteiger partial charge in [0, 0.05) is 5.56 Å². The van der Waals surface area contributed by atoms with E-state index in [0.717, 1.165) is 5.56 Å². The number of hydrogen-bond donors (Lipinski definition) is 0. The van der Waals surface area contributed by atoms with Gasteiger partial charge in [-0.15, -0.1) is 0 Å². The van der Waals surface area contributed by atoms with E-state index in [2.05, 4.69) is 9.98 Å². The Kier molecular flexibility index (Phi) is 3.90. The van der Waals surface area contributed by atoms with Crippen molar-refractivity contribution in [1.82, 2.24) is 0 Å². The molecule has 4 heteroatoms. The molecule has 1 rings (SSSR count). The number of rotatable bonds is 4. The largest absolute Gasteiger partial charge is 0.237 e. The molecule has 0 aliphatic heterocycles. The quantitative estimate of drug-likeness (QED) is 0.572. The molecule has 0 N–H and O–H groups in total. The number of isocyanates is 2. The molecule has 0 aliphatic carbocycles. The van der Waals surface area contributed by atoms with Crippen LogP contribution in [0.15, 0.2) is 34.3 Å². The fourth-order valence-electron chi connectivity index (χ4n) is 1.49. The van der Waals surface area contributed by atoms with E-state index in [0.29, 0.717) is 12.0 Å². The highest BCUT2D eigenvalue weighted by Crippen LogP contribution is 2.30. The van der Waals surface area contributed by atoms with Crippen molar-refractivity contribution >= 4 is 12.2 Å². The minimum Gasteiger partial charge on any atom is -0.211 e. The SMILES string of the molecule is CCC(N=C=O)(N=C=O)c1ccc(C)cc1. The van der Waals surface area contributed by atoms with Crippen LogP contribution in [-0.2, 0) is 15.3 Å². The predicted octanol–water partition coefficient (Wildman–Crippen LogP) is 2.23. The van der Waals surface area contributed by atoms with E-state index in [4.69, 9.17) is 0 Å². The van der Waals surface area contributed by atoms with Crippen LogP contribution >= 0.6 is 0 Å². The van der Waals surface area contributed by atoms with Crippen LogP contribution in [0, 0.1) is 6.92 Å². The summed E-state index contributed by atoms with van der Waals surface area (Å²) in [6, 6.07) is 7.34. The van der Waals surface area contributed by atoms with Gasteiger partial charge in [0.05, 0.1) is 0 Å². The summed E-state index contributed by atoms with van der Waals surface area (Å²) in [6.07, 6.45) is 3.32. The lowest BCUT2D eigenvalue weighted by Gasteiger charge is -2.20. The summed E-state index contributed by atoms with van der Waals surface area (Å²) in [7, 11) is 0. The third-order valence-corrected chi connectivity index (χ3v) is 2.47. The topological polar surface area (TPSA) is 58.9 Å². The van der Waals surface area contributed by atoms with Gasteiger partial charge in [-0.2, -0.15) is 9.98 Å². The van der Waals surface area contributed by atoms with Gasteiger partial charge in [-0.3, -0.25) is 0 Å². The molecule has 0 radical (unpaired) electrons. The van der Waals surface area contributed by atoms with Crippen molar-refractivity contribution in [1.29, 1.82) is 0 Å². The van der Waals surface area contributed by atoms with E-state index in [-0.39, 0.29) is 0 Å². The number of aryl methyl sites for hydroxylation is 1. The lowest BCUT2D eigenvalue weighted by Crippen LogP contribution is -2.19. The summed E-state index contributed by atoms with van der Waals surface area (Å²) in [5.74, 6) is 0. The maximum Gasteiger partial charge on any atom is 0.237 e. The first-order valence-corrected chi connectivity index (χ1v) is 4.93. The third kappa shape index (κ3) is 2.31.